The van der Waals surface area contributed by atoms with Gasteiger partial charge in [0.25, 0.3) is 0 Å². The van der Waals surface area contributed by atoms with Crippen molar-refractivity contribution in [1.29, 1.82) is 0 Å². The summed E-state index contributed by atoms with van der Waals surface area (Å²) in [6.45, 7) is 6.66. The highest BCUT2D eigenvalue weighted by Gasteiger charge is 2.26. The number of rotatable bonds is 6. The number of nitrogens with zero attached hydrogens (tertiary/aromatic N) is 2. The Balaban J connectivity index is 1.75. The summed E-state index contributed by atoms with van der Waals surface area (Å²) in [4.78, 5) is 15.7. The van der Waals surface area contributed by atoms with E-state index in [1.807, 2.05) is 13.0 Å². The van der Waals surface area contributed by atoms with Gasteiger partial charge in [0.1, 0.15) is 6.04 Å². The summed E-state index contributed by atoms with van der Waals surface area (Å²) in [7, 11) is 0. The second-order valence-corrected chi connectivity index (χ2v) is 5.38. The van der Waals surface area contributed by atoms with Crippen LogP contribution in [0.3, 0.4) is 0 Å². The van der Waals surface area contributed by atoms with Gasteiger partial charge in [-0.2, -0.15) is 0 Å². The molecule has 1 aromatic carbocycles. The Bertz CT molecular complexity index is 414. The minimum atomic E-state index is -0.690. The molecule has 4 nitrogen and oxygen atoms in total. The second-order valence-electron chi connectivity index (χ2n) is 5.38. The van der Waals surface area contributed by atoms with Crippen molar-refractivity contribution in [3.63, 3.8) is 0 Å². The van der Waals surface area contributed by atoms with Crippen LogP contribution in [0.15, 0.2) is 30.3 Å². The lowest BCUT2D eigenvalue weighted by Crippen LogP contribution is -2.52. The molecule has 0 aromatic heterocycles. The Morgan fingerprint density at radius 1 is 1.20 bits per heavy atom. The molecule has 2 rings (SSSR count). The monoisotopic (exact) mass is 276 g/mol. The van der Waals surface area contributed by atoms with Crippen LogP contribution in [0.4, 0.5) is 0 Å². The number of aliphatic carboxylic acids is 1. The van der Waals surface area contributed by atoms with Crippen molar-refractivity contribution in [2.75, 3.05) is 32.7 Å². The van der Waals surface area contributed by atoms with Gasteiger partial charge in [0.05, 0.1) is 0 Å². The Morgan fingerprint density at radius 3 is 2.40 bits per heavy atom. The predicted octanol–water partition coefficient (Wildman–Crippen LogP) is 1.71. The van der Waals surface area contributed by atoms with Crippen LogP contribution in [-0.2, 0) is 11.2 Å². The quantitative estimate of drug-likeness (QED) is 0.859. The molecule has 0 amide bonds. The van der Waals surface area contributed by atoms with Crippen molar-refractivity contribution in [2.45, 2.75) is 25.8 Å². The molecule has 4 heteroatoms. The molecule has 0 unspecified atom stereocenters. The van der Waals surface area contributed by atoms with E-state index >= 15 is 0 Å². The van der Waals surface area contributed by atoms with E-state index < -0.39 is 5.97 Å². The molecule has 1 aromatic rings. The van der Waals surface area contributed by atoms with Crippen molar-refractivity contribution in [2.24, 2.45) is 0 Å². The average molecular weight is 276 g/mol. The summed E-state index contributed by atoms with van der Waals surface area (Å²) in [6, 6.07) is 10.2. The minimum Gasteiger partial charge on any atom is -0.480 e. The first kappa shape index (κ1) is 15.0. The Morgan fingerprint density at radius 2 is 1.85 bits per heavy atom. The normalized spacial score (nSPS) is 18.9. The molecule has 1 atom stereocenters. The van der Waals surface area contributed by atoms with E-state index in [1.54, 1.807) is 0 Å². The fraction of sp³-hybridized carbons (Fsp3) is 0.562. The van der Waals surface area contributed by atoms with Crippen molar-refractivity contribution < 1.29 is 9.90 Å². The maximum absolute atomic E-state index is 11.2. The van der Waals surface area contributed by atoms with Crippen LogP contribution >= 0.6 is 0 Å². The lowest BCUT2D eigenvalue weighted by atomic mass is 10.1. The SMILES string of the molecule is CC[C@@H](C(=O)O)N1CCN(CCc2ccccc2)CC1. The van der Waals surface area contributed by atoms with Crippen LogP contribution in [0.5, 0.6) is 0 Å². The number of carbonyl (C=O) groups is 1. The molecular formula is C16H24N2O2. The summed E-state index contributed by atoms with van der Waals surface area (Å²) < 4.78 is 0. The van der Waals surface area contributed by atoms with E-state index in [0.29, 0.717) is 6.42 Å². The number of hydrogen-bond acceptors (Lipinski definition) is 3. The highest BCUT2D eigenvalue weighted by atomic mass is 16.4. The Hall–Kier alpha value is -1.39. The predicted molar refractivity (Wildman–Crippen MR) is 79.9 cm³/mol. The lowest BCUT2D eigenvalue weighted by molar-refractivity contribution is -0.144. The zero-order valence-electron chi connectivity index (χ0n) is 12.2. The summed E-state index contributed by atoms with van der Waals surface area (Å²) in [5, 5.41) is 9.19. The molecule has 1 fully saturated rings. The van der Waals surface area contributed by atoms with Gasteiger partial charge in [-0.25, -0.2) is 0 Å². The molecule has 0 spiro atoms. The number of carboxylic acids is 1. The molecule has 110 valence electrons. The van der Waals surface area contributed by atoms with E-state index in [1.165, 1.54) is 5.56 Å². The molecule has 1 aliphatic rings. The van der Waals surface area contributed by atoms with Crippen molar-refractivity contribution >= 4 is 5.97 Å². The van der Waals surface area contributed by atoms with E-state index in [4.69, 9.17) is 0 Å². The number of carboxylic acid groups (broad SMARTS) is 1. The van der Waals surface area contributed by atoms with Gasteiger partial charge < -0.3 is 10.0 Å². The number of piperazine rings is 1. The van der Waals surface area contributed by atoms with Crippen LogP contribution in [0.2, 0.25) is 0 Å². The van der Waals surface area contributed by atoms with Gasteiger partial charge in [0, 0.05) is 32.7 Å². The maximum atomic E-state index is 11.2. The summed E-state index contributed by atoms with van der Waals surface area (Å²) >= 11 is 0. The third kappa shape index (κ3) is 4.05. The molecular weight excluding hydrogens is 252 g/mol. The van der Waals surface area contributed by atoms with Gasteiger partial charge in [0.15, 0.2) is 0 Å². The maximum Gasteiger partial charge on any atom is 0.320 e. The molecule has 0 radical (unpaired) electrons. The molecule has 20 heavy (non-hydrogen) atoms. The van der Waals surface area contributed by atoms with Crippen LogP contribution in [0, 0.1) is 0 Å². The van der Waals surface area contributed by atoms with Gasteiger partial charge in [-0.05, 0) is 18.4 Å². The third-order valence-electron chi connectivity index (χ3n) is 4.08. The van der Waals surface area contributed by atoms with Crippen LogP contribution in [0.1, 0.15) is 18.9 Å². The first-order valence-electron chi connectivity index (χ1n) is 7.44. The first-order chi connectivity index (χ1) is 9.70. The van der Waals surface area contributed by atoms with Crippen molar-refractivity contribution in [3.05, 3.63) is 35.9 Å². The molecule has 1 aliphatic heterocycles. The average Bonchev–Trinajstić information content (AvgIpc) is 2.48. The topological polar surface area (TPSA) is 43.8 Å². The first-order valence-corrected chi connectivity index (χ1v) is 7.44. The largest absolute Gasteiger partial charge is 0.480 e. The second kappa shape index (κ2) is 7.41. The summed E-state index contributed by atoms with van der Waals surface area (Å²) in [6.07, 6.45) is 1.75. The van der Waals surface area contributed by atoms with Gasteiger partial charge in [-0.1, -0.05) is 37.3 Å². The summed E-state index contributed by atoms with van der Waals surface area (Å²) in [5.41, 5.74) is 1.37. The minimum absolute atomic E-state index is 0.314. The fourth-order valence-corrected chi connectivity index (χ4v) is 2.82. The van der Waals surface area contributed by atoms with Gasteiger partial charge >= 0.3 is 5.97 Å². The third-order valence-corrected chi connectivity index (χ3v) is 4.08. The van der Waals surface area contributed by atoms with E-state index in [0.717, 1.165) is 39.1 Å². The Kier molecular flexibility index (Phi) is 5.56. The molecule has 0 saturated carbocycles. The Labute approximate surface area is 121 Å². The highest BCUT2D eigenvalue weighted by molar-refractivity contribution is 5.73. The zero-order chi connectivity index (χ0) is 14.4. The van der Waals surface area contributed by atoms with Crippen molar-refractivity contribution in [1.82, 2.24) is 9.80 Å². The van der Waals surface area contributed by atoms with Crippen LogP contribution in [0.25, 0.3) is 0 Å². The molecule has 1 heterocycles. The van der Waals surface area contributed by atoms with E-state index in [2.05, 4.69) is 34.1 Å². The van der Waals surface area contributed by atoms with Gasteiger partial charge in [-0.3, -0.25) is 9.69 Å². The highest BCUT2D eigenvalue weighted by Crippen LogP contribution is 2.10. The van der Waals surface area contributed by atoms with Crippen LogP contribution < -0.4 is 0 Å². The zero-order valence-corrected chi connectivity index (χ0v) is 12.2. The van der Waals surface area contributed by atoms with Gasteiger partial charge in [0.2, 0.25) is 0 Å². The van der Waals surface area contributed by atoms with E-state index in [-0.39, 0.29) is 6.04 Å². The number of benzene rings is 1. The fourth-order valence-electron chi connectivity index (χ4n) is 2.82. The lowest BCUT2D eigenvalue weighted by Gasteiger charge is -2.37. The molecule has 0 bridgehead atoms. The summed E-state index contributed by atoms with van der Waals surface area (Å²) in [5.74, 6) is -0.690. The van der Waals surface area contributed by atoms with Crippen molar-refractivity contribution in [3.8, 4) is 0 Å². The van der Waals surface area contributed by atoms with Crippen LogP contribution in [-0.4, -0.2) is 59.6 Å². The van der Waals surface area contributed by atoms with E-state index in [9.17, 15) is 9.90 Å². The van der Waals surface area contributed by atoms with Gasteiger partial charge in [-0.15, -0.1) is 0 Å². The standard InChI is InChI=1S/C16H24N2O2/c1-2-15(16(19)20)18-12-10-17(11-13-18)9-8-14-6-4-3-5-7-14/h3-7,15H,2,8-13H2,1H3,(H,19,20)/t15-/m0/s1. The smallest absolute Gasteiger partial charge is 0.320 e. The molecule has 1 saturated heterocycles. The number of hydrogen-bond donors (Lipinski definition) is 1. The molecule has 1 N–H and O–H groups in total. The molecule has 0 aliphatic carbocycles.